The van der Waals surface area contributed by atoms with Crippen molar-refractivity contribution in [2.45, 2.75) is 25.5 Å². The highest BCUT2D eigenvalue weighted by Crippen LogP contribution is 2.30. The molecule has 1 N–H and O–H groups in total. The Bertz CT molecular complexity index is 1050. The van der Waals surface area contributed by atoms with E-state index in [-0.39, 0.29) is 23.1 Å². The second-order valence-electron chi connectivity index (χ2n) is 6.87. The maximum absolute atomic E-state index is 12.5. The number of nitro benzene ring substituents is 1. The van der Waals surface area contributed by atoms with Gasteiger partial charge in [-0.3, -0.25) is 14.9 Å². The number of nitrogens with zero attached hydrogens (tertiary/aromatic N) is 3. The molecule has 0 unspecified atom stereocenters. The number of hydrogen-bond donors (Lipinski definition) is 1. The molecular weight excluding hydrogens is 392 g/mol. The highest BCUT2D eigenvalue weighted by molar-refractivity contribution is 7.99. The minimum absolute atomic E-state index is 0.100. The molecule has 1 aromatic heterocycles. The molecule has 0 bridgehead atoms. The highest BCUT2D eigenvalue weighted by atomic mass is 32.2. The predicted molar refractivity (Wildman–Crippen MR) is 114 cm³/mol. The molecule has 0 spiro atoms. The number of carbonyl (C=O) groups excluding carboxylic acids is 1. The van der Waals surface area contributed by atoms with Gasteiger partial charge in [0.05, 0.1) is 40.6 Å². The largest absolute Gasteiger partial charge is 0.494 e. The first-order valence-electron chi connectivity index (χ1n) is 9.09. The normalized spacial score (nSPS) is 11.0. The number of benzene rings is 2. The summed E-state index contributed by atoms with van der Waals surface area (Å²) < 4.78 is 7.29. The zero-order valence-corrected chi connectivity index (χ0v) is 17.2. The van der Waals surface area contributed by atoms with E-state index in [1.54, 1.807) is 0 Å². The van der Waals surface area contributed by atoms with Crippen LogP contribution in [0.4, 0.5) is 11.4 Å². The van der Waals surface area contributed by atoms with Gasteiger partial charge in [-0.25, -0.2) is 4.98 Å². The van der Waals surface area contributed by atoms with E-state index in [4.69, 9.17) is 4.74 Å². The molecule has 29 heavy (non-hydrogen) atoms. The summed E-state index contributed by atoms with van der Waals surface area (Å²) in [5, 5.41) is 14.4. The van der Waals surface area contributed by atoms with Crippen LogP contribution in [0.25, 0.3) is 11.0 Å². The molecule has 1 heterocycles. The van der Waals surface area contributed by atoms with Crippen molar-refractivity contribution in [3.8, 4) is 5.75 Å². The van der Waals surface area contributed by atoms with Crippen LogP contribution in [0.5, 0.6) is 5.75 Å². The van der Waals surface area contributed by atoms with Crippen molar-refractivity contribution in [3.63, 3.8) is 0 Å². The monoisotopic (exact) mass is 414 g/mol. The molecule has 3 aromatic rings. The summed E-state index contributed by atoms with van der Waals surface area (Å²) in [6.07, 6.45) is 0. The number of non-ortho nitro benzene ring substituents is 1. The van der Waals surface area contributed by atoms with Crippen LogP contribution in [0.15, 0.2) is 47.6 Å². The fraction of sp³-hybridized carbons (Fsp3) is 0.300. The van der Waals surface area contributed by atoms with Gasteiger partial charge in [0.25, 0.3) is 5.69 Å². The fourth-order valence-corrected chi connectivity index (χ4v) is 3.74. The lowest BCUT2D eigenvalue weighted by Gasteiger charge is -2.12. The average Bonchev–Trinajstić information content (AvgIpc) is 3.03. The molecule has 9 heteroatoms. The van der Waals surface area contributed by atoms with Gasteiger partial charge in [-0.1, -0.05) is 37.7 Å². The van der Waals surface area contributed by atoms with Gasteiger partial charge in [-0.05, 0) is 24.1 Å². The van der Waals surface area contributed by atoms with Gasteiger partial charge >= 0.3 is 0 Å². The van der Waals surface area contributed by atoms with Crippen LogP contribution < -0.4 is 10.1 Å². The Balaban J connectivity index is 1.74. The number of anilines is 1. The molecule has 152 valence electrons. The second kappa shape index (κ2) is 8.95. The minimum atomic E-state index is -0.511. The summed E-state index contributed by atoms with van der Waals surface area (Å²) in [6, 6.07) is 12.0. The molecule has 0 saturated heterocycles. The van der Waals surface area contributed by atoms with Gasteiger partial charge in [0.1, 0.15) is 5.75 Å². The lowest BCUT2D eigenvalue weighted by Crippen LogP contribution is -2.15. The Morgan fingerprint density at radius 2 is 2.07 bits per heavy atom. The number of amides is 1. The van der Waals surface area contributed by atoms with Gasteiger partial charge in [0, 0.05) is 12.6 Å². The SMILES string of the molecule is COc1cc([N+](=O)[O-])ccc1NC(=O)CSc1nc2ccccc2n1CC(C)C. The van der Waals surface area contributed by atoms with E-state index in [2.05, 4.69) is 28.7 Å². The number of fused-ring (bicyclic) bond motifs is 1. The second-order valence-corrected chi connectivity index (χ2v) is 7.81. The van der Waals surface area contributed by atoms with Crippen LogP contribution in [0.2, 0.25) is 0 Å². The number of imidazole rings is 1. The van der Waals surface area contributed by atoms with Crippen LogP contribution in [0.1, 0.15) is 13.8 Å². The lowest BCUT2D eigenvalue weighted by atomic mass is 10.2. The Morgan fingerprint density at radius 1 is 1.31 bits per heavy atom. The van der Waals surface area contributed by atoms with E-state index in [9.17, 15) is 14.9 Å². The van der Waals surface area contributed by atoms with Crippen molar-refractivity contribution in [1.29, 1.82) is 0 Å². The summed E-state index contributed by atoms with van der Waals surface area (Å²) in [7, 11) is 1.40. The molecular formula is C20H22N4O4S. The number of rotatable bonds is 8. The van der Waals surface area contributed by atoms with Gasteiger partial charge in [-0.2, -0.15) is 0 Å². The van der Waals surface area contributed by atoms with Crippen molar-refractivity contribution in [1.82, 2.24) is 9.55 Å². The number of thioether (sulfide) groups is 1. The third-order valence-electron chi connectivity index (χ3n) is 4.17. The van der Waals surface area contributed by atoms with Gasteiger partial charge in [-0.15, -0.1) is 0 Å². The lowest BCUT2D eigenvalue weighted by molar-refractivity contribution is -0.384. The molecule has 0 aliphatic rings. The Labute approximate surface area is 172 Å². The van der Waals surface area contributed by atoms with E-state index >= 15 is 0 Å². The van der Waals surface area contributed by atoms with Crippen molar-refractivity contribution < 1.29 is 14.5 Å². The van der Waals surface area contributed by atoms with Crippen LogP contribution in [0, 0.1) is 16.0 Å². The zero-order valence-electron chi connectivity index (χ0n) is 16.4. The maximum atomic E-state index is 12.5. The number of nitro groups is 1. The van der Waals surface area contributed by atoms with Gasteiger partial charge < -0.3 is 14.6 Å². The molecule has 8 nitrogen and oxygen atoms in total. The average molecular weight is 414 g/mol. The molecule has 0 radical (unpaired) electrons. The molecule has 0 fully saturated rings. The molecule has 0 saturated carbocycles. The Kier molecular flexibility index (Phi) is 6.38. The van der Waals surface area contributed by atoms with E-state index in [0.717, 1.165) is 22.7 Å². The number of nitrogens with one attached hydrogen (secondary N) is 1. The molecule has 2 aromatic carbocycles. The van der Waals surface area contributed by atoms with Crippen LogP contribution in [0.3, 0.4) is 0 Å². The predicted octanol–water partition coefficient (Wildman–Crippen LogP) is 4.34. The van der Waals surface area contributed by atoms with E-state index in [1.165, 1.54) is 37.1 Å². The summed E-state index contributed by atoms with van der Waals surface area (Å²) in [6.45, 7) is 5.08. The molecule has 0 aliphatic carbocycles. The van der Waals surface area contributed by atoms with Gasteiger partial charge in [0.2, 0.25) is 5.91 Å². The van der Waals surface area contributed by atoms with Crippen molar-refractivity contribution in [2.75, 3.05) is 18.2 Å². The maximum Gasteiger partial charge on any atom is 0.273 e. The number of carbonyl (C=O) groups is 1. The summed E-state index contributed by atoms with van der Waals surface area (Å²) in [4.78, 5) is 27.5. The first kappa shape index (κ1) is 20.7. The van der Waals surface area contributed by atoms with Crippen LogP contribution >= 0.6 is 11.8 Å². The molecule has 0 atom stereocenters. The summed E-state index contributed by atoms with van der Waals surface area (Å²) >= 11 is 1.35. The highest BCUT2D eigenvalue weighted by Gasteiger charge is 2.16. The van der Waals surface area contributed by atoms with Crippen LogP contribution in [-0.2, 0) is 11.3 Å². The van der Waals surface area contributed by atoms with E-state index in [1.807, 2.05) is 24.3 Å². The smallest absolute Gasteiger partial charge is 0.273 e. The van der Waals surface area contributed by atoms with Crippen molar-refractivity contribution in [3.05, 3.63) is 52.6 Å². The van der Waals surface area contributed by atoms with Crippen molar-refractivity contribution in [2.24, 2.45) is 5.92 Å². The number of para-hydroxylation sites is 2. The number of hydrogen-bond acceptors (Lipinski definition) is 6. The van der Waals surface area contributed by atoms with Gasteiger partial charge in [0.15, 0.2) is 5.16 Å². The number of ether oxygens (including phenoxy) is 1. The Hall–Kier alpha value is -3.07. The first-order chi connectivity index (χ1) is 13.9. The Morgan fingerprint density at radius 3 is 2.76 bits per heavy atom. The zero-order chi connectivity index (χ0) is 21.0. The first-order valence-corrected chi connectivity index (χ1v) is 10.1. The van der Waals surface area contributed by atoms with Crippen molar-refractivity contribution >= 4 is 40.1 Å². The number of aromatic nitrogens is 2. The fourth-order valence-electron chi connectivity index (χ4n) is 2.92. The quantitative estimate of drug-likeness (QED) is 0.334. The number of methoxy groups -OCH3 is 1. The summed E-state index contributed by atoms with van der Waals surface area (Å²) in [5.74, 6) is 0.585. The van der Waals surface area contributed by atoms with E-state index in [0.29, 0.717) is 11.6 Å². The third-order valence-corrected chi connectivity index (χ3v) is 5.15. The van der Waals surface area contributed by atoms with E-state index < -0.39 is 4.92 Å². The standard InChI is InChI=1S/C20H22N4O4S/c1-13(2)11-23-17-7-5-4-6-15(17)22-20(23)29-12-19(25)21-16-9-8-14(24(26)27)10-18(16)28-3/h4-10,13H,11-12H2,1-3H3,(H,21,25). The summed E-state index contributed by atoms with van der Waals surface area (Å²) in [5.41, 5.74) is 2.23. The van der Waals surface area contributed by atoms with Crippen LogP contribution in [-0.4, -0.2) is 33.2 Å². The topological polar surface area (TPSA) is 99.3 Å². The molecule has 3 rings (SSSR count). The minimum Gasteiger partial charge on any atom is -0.494 e. The molecule has 1 amide bonds. The third kappa shape index (κ3) is 4.86. The molecule has 0 aliphatic heterocycles.